The molecule has 0 saturated carbocycles. The Bertz CT molecular complexity index is 1120. The summed E-state index contributed by atoms with van der Waals surface area (Å²) in [5, 5.41) is 2.13. The quantitative estimate of drug-likeness (QED) is 0.723. The van der Waals surface area contributed by atoms with E-state index in [1.807, 2.05) is 0 Å². The molecular weight excluding hydrogens is 442 g/mol. The van der Waals surface area contributed by atoms with Crippen LogP contribution in [-0.4, -0.2) is 75.0 Å². The zero-order chi connectivity index (χ0) is 22.2. The predicted octanol–water partition coefficient (Wildman–Crippen LogP) is 1.62. The number of benzene rings is 2. The average molecular weight is 466 g/mol. The maximum atomic E-state index is 12.9. The molecule has 31 heavy (non-hydrogen) atoms. The Morgan fingerprint density at radius 3 is 2.55 bits per heavy atom. The lowest BCUT2D eigenvalue weighted by Crippen LogP contribution is -2.52. The largest absolute Gasteiger partial charge is 0.378 e. The second-order valence-corrected chi connectivity index (χ2v) is 9.91. The van der Waals surface area contributed by atoms with Crippen LogP contribution in [0.15, 0.2) is 41.3 Å². The second kappa shape index (κ2) is 8.74. The molecule has 2 aromatic carbocycles. The number of rotatable bonds is 5. The average Bonchev–Trinajstić information content (AvgIpc) is 3.12. The number of carbonyl (C=O) groups excluding carboxylic acids is 2. The highest BCUT2D eigenvalue weighted by molar-refractivity contribution is 7.89. The van der Waals surface area contributed by atoms with Crippen molar-refractivity contribution in [1.82, 2.24) is 14.5 Å². The number of sulfonamides is 1. The van der Waals surface area contributed by atoms with Crippen LogP contribution in [0.3, 0.4) is 0 Å². The molecule has 0 spiro atoms. The van der Waals surface area contributed by atoms with E-state index >= 15 is 0 Å². The SMILES string of the molecule is C[C@@H](C(=O)N1CCOCC1)N1CCC(NS(=O)(=O)c2ccc3cc(Cl)ccc3c2)C1=O. The Kier molecular flexibility index (Phi) is 6.20. The van der Waals surface area contributed by atoms with Crippen molar-refractivity contribution in [3.8, 4) is 0 Å². The van der Waals surface area contributed by atoms with Gasteiger partial charge < -0.3 is 14.5 Å². The molecule has 0 radical (unpaired) electrons. The summed E-state index contributed by atoms with van der Waals surface area (Å²) in [6.07, 6.45) is 0.308. The summed E-state index contributed by atoms with van der Waals surface area (Å²) < 4.78 is 33.6. The van der Waals surface area contributed by atoms with Crippen molar-refractivity contribution in [2.45, 2.75) is 30.3 Å². The second-order valence-electron chi connectivity index (χ2n) is 7.76. The summed E-state index contributed by atoms with van der Waals surface area (Å²) in [6.45, 7) is 3.95. The van der Waals surface area contributed by atoms with Crippen LogP contribution >= 0.6 is 11.6 Å². The molecule has 1 unspecified atom stereocenters. The molecule has 2 aliphatic rings. The van der Waals surface area contributed by atoms with E-state index in [9.17, 15) is 18.0 Å². The van der Waals surface area contributed by atoms with Crippen LogP contribution in [0.4, 0.5) is 0 Å². The fourth-order valence-corrected chi connectivity index (χ4v) is 5.43. The molecule has 2 atom stereocenters. The maximum absolute atomic E-state index is 12.9. The Morgan fingerprint density at radius 2 is 1.81 bits per heavy atom. The smallest absolute Gasteiger partial charge is 0.245 e. The van der Waals surface area contributed by atoms with Crippen LogP contribution in [0.5, 0.6) is 0 Å². The summed E-state index contributed by atoms with van der Waals surface area (Å²) in [7, 11) is -3.91. The van der Waals surface area contributed by atoms with Gasteiger partial charge in [0.15, 0.2) is 0 Å². The number of carbonyl (C=O) groups is 2. The van der Waals surface area contributed by atoms with Crippen molar-refractivity contribution < 1.29 is 22.7 Å². The van der Waals surface area contributed by atoms with Gasteiger partial charge in [0, 0.05) is 24.7 Å². The van der Waals surface area contributed by atoms with Crippen molar-refractivity contribution in [1.29, 1.82) is 0 Å². The number of morpholine rings is 1. The third kappa shape index (κ3) is 4.55. The van der Waals surface area contributed by atoms with E-state index in [0.29, 0.717) is 44.3 Å². The van der Waals surface area contributed by atoms with Gasteiger partial charge in [-0.15, -0.1) is 0 Å². The van der Waals surface area contributed by atoms with E-state index in [4.69, 9.17) is 16.3 Å². The van der Waals surface area contributed by atoms with Crippen LogP contribution in [-0.2, 0) is 24.3 Å². The first-order valence-electron chi connectivity index (χ1n) is 10.1. The summed E-state index contributed by atoms with van der Waals surface area (Å²) in [5.74, 6) is -0.529. The summed E-state index contributed by atoms with van der Waals surface area (Å²) in [6, 6.07) is 8.37. The maximum Gasteiger partial charge on any atom is 0.245 e. The molecule has 0 aromatic heterocycles. The standard InChI is InChI=1S/C21H24ClN3O5S/c1-14(20(26)24-8-10-30-11-9-24)25-7-6-19(21(25)27)23-31(28,29)18-5-3-15-12-17(22)4-2-16(15)13-18/h2-5,12-14,19,23H,6-11H2,1H3/t14-,19?/m0/s1. The third-order valence-electron chi connectivity index (χ3n) is 5.77. The van der Waals surface area contributed by atoms with Crippen molar-refractivity contribution in [2.24, 2.45) is 0 Å². The number of amides is 2. The molecule has 2 aliphatic heterocycles. The molecule has 0 aliphatic carbocycles. The number of nitrogens with one attached hydrogen (secondary N) is 1. The number of nitrogens with zero attached hydrogens (tertiary/aromatic N) is 2. The fourth-order valence-electron chi connectivity index (χ4n) is 3.99. The minimum atomic E-state index is -3.91. The van der Waals surface area contributed by atoms with Gasteiger partial charge in [0.1, 0.15) is 12.1 Å². The Morgan fingerprint density at radius 1 is 1.13 bits per heavy atom. The Labute approximate surface area is 186 Å². The number of hydrogen-bond acceptors (Lipinski definition) is 5. The number of ether oxygens (including phenoxy) is 1. The molecule has 2 saturated heterocycles. The minimum Gasteiger partial charge on any atom is -0.378 e. The first-order valence-corrected chi connectivity index (χ1v) is 12.0. The van der Waals surface area contributed by atoms with Crippen molar-refractivity contribution in [3.63, 3.8) is 0 Å². The summed E-state index contributed by atoms with van der Waals surface area (Å²) in [5.41, 5.74) is 0. The normalized spacial score (nSPS) is 21.0. The van der Waals surface area contributed by atoms with Gasteiger partial charge in [-0.3, -0.25) is 9.59 Å². The number of fused-ring (bicyclic) bond motifs is 1. The molecule has 2 fully saturated rings. The van der Waals surface area contributed by atoms with Crippen LogP contribution in [0, 0.1) is 0 Å². The van der Waals surface area contributed by atoms with Crippen LogP contribution in [0.2, 0.25) is 5.02 Å². The molecule has 166 valence electrons. The van der Waals surface area contributed by atoms with Gasteiger partial charge in [0.25, 0.3) is 0 Å². The highest BCUT2D eigenvalue weighted by atomic mass is 35.5. The molecular formula is C21H24ClN3O5S. The van der Waals surface area contributed by atoms with Crippen molar-refractivity contribution in [3.05, 3.63) is 41.4 Å². The zero-order valence-electron chi connectivity index (χ0n) is 17.1. The van der Waals surface area contributed by atoms with Crippen molar-refractivity contribution >= 4 is 44.2 Å². The van der Waals surface area contributed by atoms with E-state index in [-0.39, 0.29) is 16.7 Å². The monoisotopic (exact) mass is 465 g/mol. The molecule has 2 amide bonds. The van der Waals surface area contributed by atoms with Gasteiger partial charge in [0.2, 0.25) is 21.8 Å². The van der Waals surface area contributed by atoms with E-state index in [1.54, 1.807) is 42.2 Å². The van der Waals surface area contributed by atoms with Crippen LogP contribution in [0.1, 0.15) is 13.3 Å². The summed E-state index contributed by atoms with van der Waals surface area (Å²) >= 11 is 5.98. The van der Waals surface area contributed by atoms with Gasteiger partial charge in [0.05, 0.1) is 18.1 Å². The van der Waals surface area contributed by atoms with Gasteiger partial charge in [-0.2, -0.15) is 4.72 Å². The van der Waals surface area contributed by atoms with Crippen LogP contribution < -0.4 is 4.72 Å². The van der Waals surface area contributed by atoms with E-state index in [2.05, 4.69) is 4.72 Å². The molecule has 1 N–H and O–H groups in total. The van der Waals surface area contributed by atoms with Crippen molar-refractivity contribution in [2.75, 3.05) is 32.8 Å². The summed E-state index contributed by atoms with van der Waals surface area (Å²) in [4.78, 5) is 28.8. The van der Waals surface area contributed by atoms with Crippen LogP contribution in [0.25, 0.3) is 10.8 Å². The molecule has 4 rings (SSSR count). The molecule has 8 nitrogen and oxygen atoms in total. The van der Waals surface area contributed by atoms with Gasteiger partial charge >= 0.3 is 0 Å². The minimum absolute atomic E-state index is 0.0750. The zero-order valence-corrected chi connectivity index (χ0v) is 18.7. The Hall–Kier alpha value is -2.20. The van der Waals surface area contributed by atoms with E-state index in [1.165, 1.54) is 11.0 Å². The third-order valence-corrected chi connectivity index (χ3v) is 7.47. The highest BCUT2D eigenvalue weighted by Crippen LogP contribution is 2.24. The molecule has 10 heteroatoms. The lowest BCUT2D eigenvalue weighted by Gasteiger charge is -2.32. The van der Waals surface area contributed by atoms with E-state index < -0.39 is 22.1 Å². The first-order chi connectivity index (χ1) is 14.8. The van der Waals surface area contributed by atoms with Gasteiger partial charge in [-0.1, -0.05) is 23.7 Å². The first kappa shape index (κ1) is 22.0. The highest BCUT2D eigenvalue weighted by Gasteiger charge is 2.40. The predicted molar refractivity (Wildman–Crippen MR) is 116 cm³/mol. The fraction of sp³-hybridized carbons (Fsp3) is 0.429. The number of halogens is 1. The number of likely N-dealkylation sites (tertiary alicyclic amines) is 1. The van der Waals surface area contributed by atoms with Gasteiger partial charge in [-0.25, -0.2) is 8.42 Å². The number of hydrogen-bond donors (Lipinski definition) is 1. The molecule has 2 aromatic rings. The molecule has 2 heterocycles. The Balaban J connectivity index is 1.46. The topological polar surface area (TPSA) is 96.0 Å². The van der Waals surface area contributed by atoms with E-state index in [0.717, 1.165) is 10.8 Å². The molecule has 0 bridgehead atoms. The van der Waals surface area contributed by atoms with Gasteiger partial charge in [-0.05, 0) is 48.4 Å². The lowest BCUT2D eigenvalue weighted by molar-refractivity contribution is -0.146. The lowest BCUT2D eigenvalue weighted by atomic mass is 10.1.